The largest absolute Gasteiger partial charge is 0.494 e. The van der Waals surface area contributed by atoms with Crippen molar-refractivity contribution in [2.24, 2.45) is 0 Å². The fourth-order valence-corrected chi connectivity index (χ4v) is 3.43. The van der Waals surface area contributed by atoms with Gasteiger partial charge in [-0.05, 0) is 43.7 Å². The quantitative estimate of drug-likeness (QED) is 0.281. The molecule has 0 aliphatic carbocycles. The van der Waals surface area contributed by atoms with E-state index in [0.717, 1.165) is 12.8 Å². The smallest absolute Gasteiger partial charge is 0.358 e. The molecule has 0 spiro atoms. The van der Waals surface area contributed by atoms with Crippen LogP contribution in [0.5, 0.6) is 5.75 Å². The monoisotopic (exact) mass is 519 g/mol. The Balaban J connectivity index is 1.96. The zero-order valence-corrected chi connectivity index (χ0v) is 20.1. The van der Waals surface area contributed by atoms with Gasteiger partial charge in [0.1, 0.15) is 11.6 Å². The normalized spacial score (nSPS) is 10.6. The van der Waals surface area contributed by atoms with Crippen LogP contribution in [0.3, 0.4) is 0 Å². The van der Waals surface area contributed by atoms with E-state index in [1.54, 1.807) is 37.3 Å². The number of amides is 1. The molecule has 0 saturated heterocycles. The maximum Gasteiger partial charge on any atom is 0.358 e. The molecule has 0 atom stereocenters. The number of hydrogen-bond acceptors (Lipinski definition) is 5. The second-order valence-corrected chi connectivity index (χ2v) is 8.15. The summed E-state index contributed by atoms with van der Waals surface area (Å²) < 4.78 is 13.0. The first kappa shape index (κ1) is 23.8. The Kier molecular flexibility index (Phi) is 8.30. The molecule has 0 aliphatic heterocycles. The number of nitrogens with zero attached hydrogens (tertiary/aromatic N) is 2. The summed E-state index contributed by atoms with van der Waals surface area (Å²) in [7, 11) is 0. The first-order valence-electron chi connectivity index (χ1n) is 10.2. The topological polar surface area (TPSA) is 82.5 Å². The molecule has 0 aliphatic rings. The van der Waals surface area contributed by atoms with Gasteiger partial charge in [0, 0.05) is 16.6 Å². The Morgan fingerprint density at radius 1 is 1.16 bits per heavy atom. The van der Waals surface area contributed by atoms with Crippen LogP contribution < -0.4 is 10.1 Å². The summed E-state index contributed by atoms with van der Waals surface area (Å²) in [5.41, 5.74) is 0.966. The van der Waals surface area contributed by atoms with E-state index >= 15 is 0 Å². The molecule has 7 nitrogen and oxygen atoms in total. The minimum atomic E-state index is -0.586. The van der Waals surface area contributed by atoms with E-state index in [0.29, 0.717) is 33.4 Å². The molecule has 168 valence electrons. The number of benzene rings is 2. The van der Waals surface area contributed by atoms with Crippen molar-refractivity contribution in [2.45, 2.75) is 26.7 Å². The summed E-state index contributed by atoms with van der Waals surface area (Å²) >= 11 is 9.54. The second-order valence-electron chi connectivity index (χ2n) is 6.82. The highest BCUT2D eigenvalue weighted by Crippen LogP contribution is 2.25. The first-order valence-corrected chi connectivity index (χ1v) is 11.4. The van der Waals surface area contributed by atoms with Gasteiger partial charge in [-0.2, -0.15) is 5.10 Å². The van der Waals surface area contributed by atoms with E-state index in [-0.39, 0.29) is 17.9 Å². The van der Waals surface area contributed by atoms with Crippen LogP contribution in [0.1, 0.15) is 47.5 Å². The molecule has 1 N–H and O–H groups in total. The number of esters is 1. The molecular formula is C23H23BrClN3O4. The molecule has 3 aromatic rings. The van der Waals surface area contributed by atoms with Gasteiger partial charge >= 0.3 is 5.97 Å². The zero-order valence-electron chi connectivity index (χ0n) is 17.7. The average Bonchev–Trinajstić information content (AvgIpc) is 3.20. The summed E-state index contributed by atoms with van der Waals surface area (Å²) in [5.74, 6) is -0.0722. The van der Waals surface area contributed by atoms with Gasteiger partial charge in [0.25, 0.3) is 5.91 Å². The van der Waals surface area contributed by atoms with E-state index in [9.17, 15) is 9.59 Å². The number of aromatic nitrogens is 2. The molecule has 0 radical (unpaired) electrons. The summed E-state index contributed by atoms with van der Waals surface area (Å²) in [6, 6.07) is 13.7. The highest BCUT2D eigenvalue weighted by atomic mass is 79.9. The van der Waals surface area contributed by atoms with Gasteiger partial charge < -0.3 is 14.8 Å². The third-order valence-corrected chi connectivity index (χ3v) is 5.26. The summed E-state index contributed by atoms with van der Waals surface area (Å²) in [4.78, 5) is 25.2. The molecule has 32 heavy (non-hydrogen) atoms. The van der Waals surface area contributed by atoms with Crippen LogP contribution in [0.2, 0.25) is 5.02 Å². The van der Waals surface area contributed by atoms with Crippen molar-refractivity contribution in [2.75, 3.05) is 18.5 Å². The fourth-order valence-electron chi connectivity index (χ4n) is 2.87. The molecular weight excluding hydrogens is 498 g/mol. The van der Waals surface area contributed by atoms with Crippen LogP contribution in [0.25, 0.3) is 5.69 Å². The number of rotatable bonds is 9. The fraction of sp³-hybridized carbons (Fsp3) is 0.261. The average molecular weight is 521 g/mol. The number of halogens is 2. The lowest BCUT2D eigenvalue weighted by molar-refractivity contribution is 0.0519. The van der Waals surface area contributed by atoms with Crippen molar-refractivity contribution in [1.82, 2.24) is 9.78 Å². The lowest BCUT2D eigenvalue weighted by Gasteiger charge is -2.11. The molecule has 0 saturated carbocycles. The summed E-state index contributed by atoms with van der Waals surface area (Å²) in [6.45, 7) is 4.61. The Morgan fingerprint density at radius 2 is 1.97 bits per heavy atom. The van der Waals surface area contributed by atoms with E-state index in [4.69, 9.17) is 21.1 Å². The van der Waals surface area contributed by atoms with Gasteiger partial charge in [-0.3, -0.25) is 4.79 Å². The maximum atomic E-state index is 12.9. The minimum Gasteiger partial charge on any atom is -0.494 e. The molecule has 2 aromatic carbocycles. The van der Waals surface area contributed by atoms with Gasteiger partial charge in [-0.15, -0.1) is 0 Å². The number of unbranched alkanes of at least 4 members (excludes halogenated alkanes) is 1. The third kappa shape index (κ3) is 5.89. The highest BCUT2D eigenvalue weighted by molar-refractivity contribution is 9.10. The predicted molar refractivity (Wildman–Crippen MR) is 127 cm³/mol. The van der Waals surface area contributed by atoms with Gasteiger partial charge in [0.15, 0.2) is 5.69 Å². The molecule has 3 rings (SSSR count). The number of anilines is 1. The zero-order chi connectivity index (χ0) is 23.1. The van der Waals surface area contributed by atoms with E-state index < -0.39 is 11.9 Å². The van der Waals surface area contributed by atoms with Crippen LogP contribution >= 0.6 is 27.5 Å². The molecule has 0 unspecified atom stereocenters. The molecule has 0 bridgehead atoms. The van der Waals surface area contributed by atoms with Crippen LogP contribution in [0.15, 0.2) is 53.0 Å². The molecule has 9 heteroatoms. The summed E-state index contributed by atoms with van der Waals surface area (Å²) in [6.07, 6.45) is 1.96. The van der Waals surface area contributed by atoms with Crippen molar-refractivity contribution >= 4 is 45.2 Å². The van der Waals surface area contributed by atoms with Crippen LogP contribution in [0.4, 0.5) is 5.82 Å². The standard InChI is InChI=1S/C23H23BrClN3O4/c1-3-5-11-32-17-8-6-7-16(13-17)28-21(14-20(27-28)23(30)31-4-2)26-22(29)18-12-15(24)9-10-19(18)25/h6-10,12-14H,3-5,11H2,1-2H3,(H,26,29). The van der Waals surface area contributed by atoms with Crippen LogP contribution in [-0.2, 0) is 4.74 Å². The number of carbonyl (C=O) groups is 2. The maximum absolute atomic E-state index is 12.9. The molecule has 0 fully saturated rings. The summed E-state index contributed by atoms with van der Waals surface area (Å²) in [5, 5.41) is 7.44. The van der Waals surface area contributed by atoms with Crippen LogP contribution in [0, 0.1) is 0 Å². The van der Waals surface area contributed by atoms with Crippen molar-refractivity contribution in [3.63, 3.8) is 0 Å². The predicted octanol–water partition coefficient (Wildman–Crippen LogP) is 5.90. The van der Waals surface area contributed by atoms with E-state index in [2.05, 4.69) is 33.3 Å². The molecule has 1 aromatic heterocycles. The Hall–Kier alpha value is -2.84. The van der Waals surface area contributed by atoms with Crippen molar-refractivity contribution in [3.05, 3.63) is 69.3 Å². The number of hydrogen-bond donors (Lipinski definition) is 1. The van der Waals surface area contributed by atoms with Gasteiger partial charge in [0.05, 0.1) is 29.5 Å². The van der Waals surface area contributed by atoms with Crippen LogP contribution in [-0.4, -0.2) is 34.9 Å². The van der Waals surface area contributed by atoms with Crippen molar-refractivity contribution in [1.29, 1.82) is 0 Å². The van der Waals surface area contributed by atoms with Gasteiger partial charge in [-0.25, -0.2) is 9.48 Å². The van der Waals surface area contributed by atoms with Gasteiger partial charge in [-0.1, -0.05) is 46.9 Å². The highest BCUT2D eigenvalue weighted by Gasteiger charge is 2.20. The lowest BCUT2D eigenvalue weighted by Crippen LogP contribution is -2.15. The number of nitrogens with one attached hydrogen (secondary N) is 1. The Labute approximate surface area is 199 Å². The van der Waals surface area contributed by atoms with Gasteiger partial charge in [0.2, 0.25) is 0 Å². The van der Waals surface area contributed by atoms with Crippen molar-refractivity contribution in [3.8, 4) is 11.4 Å². The van der Waals surface area contributed by atoms with Crippen molar-refractivity contribution < 1.29 is 19.1 Å². The van der Waals surface area contributed by atoms with E-state index in [1.165, 1.54) is 10.7 Å². The molecule has 1 heterocycles. The number of ether oxygens (including phenoxy) is 2. The second kappa shape index (κ2) is 11.2. The minimum absolute atomic E-state index is 0.0693. The third-order valence-electron chi connectivity index (χ3n) is 4.44. The Morgan fingerprint density at radius 3 is 2.72 bits per heavy atom. The molecule has 1 amide bonds. The first-order chi connectivity index (χ1) is 15.4. The SMILES string of the molecule is CCCCOc1cccc(-n2nc(C(=O)OCC)cc2NC(=O)c2cc(Br)ccc2Cl)c1. The van der Waals surface area contributed by atoms with E-state index in [1.807, 2.05) is 12.1 Å². The number of carbonyl (C=O) groups excluding carboxylic acids is 2. The Bertz CT molecular complexity index is 1120. The lowest BCUT2D eigenvalue weighted by atomic mass is 10.2.